The number of aliphatic hydroxyl groups is 3. The fourth-order valence-electron chi connectivity index (χ4n) is 4.32. The molecule has 0 heterocycles. The zero-order valence-corrected chi connectivity index (χ0v) is 14.6. The van der Waals surface area contributed by atoms with E-state index in [-0.39, 0.29) is 18.4 Å². The molecule has 3 N–H and O–H groups in total. The number of carbonyl (C=O) groups is 1. The van der Waals surface area contributed by atoms with Crippen molar-refractivity contribution < 1.29 is 34.3 Å². The summed E-state index contributed by atoms with van der Waals surface area (Å²) in [6.45, 7) is 1.20. The Hall–Kier alpha value is -1.83. The molecule has 0 radical (unpaired) electrons. The lowest BCUT2D eigenvalue weighted by molar-refractivity contribution is -0.264. The Kier molecular flexibility index (Phi) is 4.43. The molecule has 0 spiro atoms. The van der Waals surface area contributed by atoms with Gasteiger partial charge in [0.1, 0.15) is 28.8 Å². The van der Waals surface area contributed by atoms with Crippen LogP contribution in [-0.2, 0) is 15.1 Å². The molecule has 7 nitrogen and oxygen atoms in total. The molecule has 0 aromatic heterocycles. The molecule has 0 bridgehead atoms. The standard InChI is InChI=1S/C18H24O7/c1-10(19)25-16-15(20)13-11(23-2)6-7-12(24-3)14(13)17(21)8-4-5-9-18(16,17)22/h6-7,15-16,20-22H,4-5,8-9H2,1-3H3/t15-,16-,17+,18-/m1/s1. The van der Waals surface area contributed by atoms with Crippen LogP contribution in [0.5, 0.6) is 11.5 Å². The van der Waals surface area contributed by atoms with E-state index < -0.39 is 29.4 Å². The molecule has 138 valence electrons. The maximum atomic E-state index is 11.6. The first-order chi connectivity index (χ1) is 11.8. The third kappa shape index (κ3) is 2.41. The topological polar surface area (TPSA) is 105 Å². The molecule has 7 heteroatoms. The third-order valence-corrected chi connectivity index (χ3v) is 5.43. The number of ether oxygens (including phenoxy) is 3. The minimum absolute atomic E-state index is 0.193. The Labute approximate surface area is 146 Å². The number of esters is 1. The average Bonchev–Trinajstić information content (AvgIpc) is 2.59. The highest BCUT2D eigenvalue weighted by molar-refractivity contribution is 5.67. The fourth-order valence-corrected chi connectivity index (χ4v) is 4.32. The molecule has 0 amide bonds. The Morgan fingerprint density at radius 1 is 1.12 bits per heavy atom. The summed E-state index contributed by atoms with van der Waals surface area (Å²) in [5, 5.41) is 33.9. The Morgan fingerprint density at radius 3 is 2.32 bits per heavy atom. The van der Waals surface area contributed by atoms with Crippen molar-refractivity contribution in [3.8, 4) is 11.5 Å². The zero-order valence-electron chi connectivity index (χ0n) is 14.6. The smallest absolute Gasteiger partial charge is 0.303 e. The van der Waals surface area contributed by atoms with E-state index in [0.717, 1.165) is 0 Å². The predicted octanol–water partition coefficient (Wildman–Crippen LogP) is 1.18. The molecule has 0 saturated heterocycles. The van der Waals surface area contributed by atoms with E-state index in [0.29, 0.717) is 29.9 Å². The molecule has 1 fully saturated rings. The SMILES string of the molecule is COc1ccc(OC)c2c1[C@@H](O)[C@@H](OC(C)=O)[C@]1(O)CCCC[C@]21O. The molecule has 2 aliphatic carbocycles. The van der Waals surface area contributed by atoms with Gasteiger partial charge in [-0.05, 0) is 25.0 Å². The fraction of sp³-hybridized carbons (Fsp3) is 0.611. The van der Waals surface area contributed by atoms with Crippen molar-refractivity contribution in [3.05, 3.63) is 23.3 Å². The number of aliphatic hydroxyl groups excluding tert-OH is 1. The molecular weight excluding hydrogens is 328 g/mol. The summed E-state index contributed by atoms with van der Waals surface area (Å²) in [6.07, 6.45) is -0.883. The van der Waals surface area contributed by atoms with Gasteiger partial charge in [-0.3, -0.25) is 4.79 Å². The summed E-state index contributed by atoms with van der Waals surface area (Å²) in [4.78, 5) is 11.6. The van der Waals surface area contributed by atoms with E-state index in [9.17, 15) is 20.1 Å². The molecule has 2 aliphatic rings. The quantitative estimate of drug-likeness (QED) is 0.701. The van der Waals surface area contributed by atoms with Gasteiger partial charge in [0, 0.05) is 18.1 Å². The summed E-state index contributed by atoms with van der Waals surface area (Å²) in [5.74, 6) is 0.0381. The monoisotopic (exact) mass is 352 g/mol. The van der Waals surface area contributed by atoms with Gasteiger partial charge < -0.3 is 29.5 Å². The summed E-state index contributed by atoms with van der Waals surface area (Å²) in [5.41, 5.74) is -2.96. The maximum absolute atomic E-state index is 11.6. The highest BCUT2D eigenvalue weighted by atomic mass is 16.6. The maximum Gasteiger partial charge on any atom is 0.303 e. The van der Waals surface area contributed by atoms with Crippen molar-refractivity contribution in [1.82, 2.24) is 0 Å². The minimum Gasteiger partial charge on any atom is -0.496 e. The van der Waals surface area contributed by atoms with Gasteiger partial charge in [-0.2, -0.15) is 0 Å². The van der Waals surface area contributed by atoms with Crippen molar-refractivity contribution in [2.45, 2.75) is 56.0 Å². The number of hydrogen-bond acceptors (Lipinski definition) is 7. The summed E-state index contributed by atoms with van der Waals surface area (Å²) >= 11 is 0. The van der Waals surface area contributed by atoms with E-state index in [1.54, 1.807) is 12.1 Å². The molecule has 1 aromatic carbocycles. The third-order valence-electron chi connectivity index (χ3n) is 5.43. The Balaban J connectivity index is 2.32. The van der Waals surface area contributed by atoms with Crippen LogP contribution in [0, 0.1) is 0 Å². The van der Waals surface area contributed by atoms with Gasteiger partial charge in [-0.15, -0.1) is 0 Å². The number of methoxy groups -OCH3 is 2. The van der Waals surface area contributed by atoms with E-state index >= 15 is 0 Å². The van der Waals surface area contributed by atoms with Crippen LogP contribution in [0.3, 0.4) is 0 Å². The summed E-state index contributed by atoms with van der Waals surface area (Å²) in [6, 6.07) is 3.24. The molecular formula is C18H24O7. The Morgan fingerprint density at radius 2 is 1.72 bits per heavy atom. The second-order valence-corrected chi connectivity index (χ2v) is 6.73. The van der Waals surface area contributed by atoms with Crippen molar-refractivity contribution in [2.24, 2.45) is 0 Å². The molecule has 1 saturated carbocycles. The number of carbonyl (C=O) groups excluding carboxylic acids is 1. The van der Waals surface area contributed by atoms with Crippen LogP contribution < -0.4 is 9.47 Å². The van der Waals surface area contributed by atoms with Crippen molar-refractivity contribution in [2.75, 3.05) is 14.2 Å². The zero-order chi connectivity index (χ0) is 18.4. The van der Waals surface area contributed by atoms with Crippen LogP contribution in [-0.4, -0.2) is 47.2 Å². The van der Waals surface area contributed by atoms with Gasteiger partial charge in [-0.1, -0.05) is 12.8 Å². The highest BCUT2D eigenvalue weighted by Crippen LogP contribution is 2.58. The molecule has 0 aliphatic heterocycles. The van der Waals surface area contributed by atoms with Crippen molar-refractivity contribution in [3.63, 3.8) is 0 Å². The average molecular weight is 352 g/mol. The molecule has 0 unspecified atom stereocenters. The second-order valence-electron chi connectivity index (χ2n) is 6.73. The van der Waals surface area contributed by atoms with Crippen molar-refractivity contribution in [1.29, 1.82) is 0 Å². The van der Waals surface area contributed by atoms with Crippen LogP contribution in [0.15, 0.2) is 12.1 Å². The normalized spacial score (nSPS) is 33.8. The van der Waals surface area contributed by atoms with Gasteiger partial charge in [-0.25, -0.2) is 0 Å². The second kappa shape index (κ2) is 6.16. The van der Waals surface area contributed by atoms with E-state index in [1.807, 2.05) is 0 Å². The van der Waals surface area contributed by atoms with E-state index in [4.69, 9.17) is 14.2 Å². The van der Waals surface area contributed by atoms with Crippen LogP contribution in [0.1, 0.15) is 49.8 Å². The first-order valence-corrected chi connectivity index (χ1v) is 8.35. The van der Waals surface area contributed by atoms with Gasteiger partial charge in [0.2, 0.25) is 0 Å². The number of hydrogen-bond donors (Lipinski definition) is 3. The predicted molar refractivity (Wildman–Crippen MR) is 87.4 cm³/mol. The van der Waals surface area contributed by atoms with Gasteiger partial charge in [0.25, 0.3) is 0 Å². The summed E-state index contributed by atoms with van der Waals surface area (Å²) in [7, 11) is 2.90. The van der Waals surface area contributed by atoms with Gasteiger partial charge in [0.05, 0.1) is 14.2 Å². The van der Waals surface area contributed by atoms with Crippen LogP contribution >= 0.6 is 0 Å². The van der Waals surface area contributed by atoms with Gasteiger partial charge in [0.15, 0.2) is 6.10 Å². The first-order valence-electron chi connectivity index (χ1n) is 8.35. The number of benzene rings is 1. The molecule has 3 rings (SSSR count). The number of rotatable bonds is 3. The lowest BCUT2D eigenvalue weighted by atomic mass is 9.59. The van der Waals surface area contributed by atoms with Gasteiger partial charge >= 0.3 is 5.97 Å². The van der Waals surface area contributed by atoms with Crippen LogP contribution in [0.4, 0.5) is 0 Å². The first kappa shape index (κ1) is 18.0. The van der Waals surface area contributed by atoms with Crippen LogP contribution in [0.25, 0.3) is 0 Å². The lowest BCUT2D eigenvalue weighted by Gasteiger charge is -2.55. The number of fused-ring (bicyclic) bond motifs is 3. The largest absolute Gasteiger partial charge is 0.496 e. The molecule has 25 heavy (non-hydrogen) atoms. The van der Waals surface area contributed by atoms with Crippen LogP contribution in [0.2, 0.25) is 0 Å². The van der Waals surface area contributed by atoms with Crippen molar-refractivity contribution >= 4 is 5.97 Å². The Bertz CT molecular complexity index is 688. The summed E-state index contributed by atoms with van der Waals surface area (Å²) < 4.78 is 16.0. The van der Waals surface area contributed by atoms with E-state index in [2.05, 4.69) is 0 Å². The lowest BCUT2D eigenvalue weighted by Crippen LogP contribution is -2.66. The minimum atomic E-state index is -1.82. The highest BCUT2D eigenvalue weighted by Gasteiger charge is 2.65. The molecule has 4 atom stereocenters. The molecule has 1 aromatic rings. The van der Waals surface area contributed by atoms with E-state index in [1.165, 1.54) is 21.1 Å².